The van der Waals surface area contributed by atoms with Gasteiger partial charge in [-0.15, -0.1) is 0 Å². The van der Waals surface area contributed by atoms with E-state index in [4.69, 9.17) is 11.6 Å². The molecule has 9 nitrogen and oxygen atoms in total. The van der Waals surface area contributed by atoms with Crippen molar-refractivity contribution in [2.45, 2.75) is 6.92 Å². The highest BCUT2D eigenvalue weighted by Crippen LogP contribution is 2.39. The molecule has 2 N–H and O–H groups in total. The molecule has 0 unspecified atom stereocenters. The molecule has 2 heterocycles. The van der Waals surface area contributed by atoms with E-state index in [9.17, 15) is 25.5 Å². The summed E-state index contributed by atoms with van der Waals surface area (Å²) in [7, 11) is 0. The Morgan fingerprint density at radius 1 is 1.32 bits per heavy atom. The van der Waals surface area contributed by atoms with Crippen molar-refractivity contribution >= 4 is 17.3 Å². The van der Waals surface area contributed by atoms with E-state index in [1.165, 1.54) is 17.1 Å². The van der Waals surface area contributed by atoms with Gasteiger partial charge in [0.1, 0.15) is 5.69 Å². The van der Waals surface area contributed by atoms with E-state index in [1.54, 1.807) is 19.1 Å². The van der Waals surface area contributed by atoms with E-state index in [2.05, 4.69) is 4.98 Å². The zero-order valence-corrected chi connectivity index (χ0v) is 13.5. The molecule has 128 valence electrons. The second-order valence-corrected chi connectivity index (χ2v) is 5.57. The predicted octanol–water partition coefficient (Wildman–Crippen LogP) is 2.45. The molecule has 0 saturated carbocycles. The number of aryl methyl sites for hydroxylation is 1. The topological polar surface area (TPSA) is 128 Å². The third-order valence-electron chi connectivity index (χ3n) is 3.65. The lowest BCUT2D eigenvalue weighted by Crippen LogP contribution is -2.32. The van der Waals surface area contributed by atoms with Crippen LogP contribution in [0.3, 0.4) is 0 Å². The fraction of sp³-hybridized carbons (Fsp3) is 0.0667. The number of nitro groups is 1. The Bertz CT molecular complexity index is 1000. The number of nitro benzene ring substituents is 1. The first-order valence-electron chi connectivity index (χ1n) is 6.93. The van der Waals surface area contributed by atoms with Crippen molar-refractivity contribution in [3.05, 3.63) is 63.0 Å². The summed E-state index contributed by atoms with van der Waals surface area (Å²) in [5.74, 6) is -1.48. The fourth-order valence-electron chi connectivity index (χ4n) is 2.37. The molecule has 0 saturated heterocycles. The number of benzene rings is 1. The van der Waals surface area contributed by atoms with Crippen LogP contribution < -0.4 is 4.73 Å². The van der Waals surface area contributed by atoms with Crippen LogP contribution in [0.5, 0.6) is 11.5 Å². The molecule has 0 aliphatic heterocycles. The lowest BCUT2D eigenvalue weighted by Gasteiger charge is -2.11. The van der Waals surface area contributed by atoms with Gasteiger partial charge in [0.2, 0.25) is 5.75 Å². The Morgan fingerprint density at radius 2 is 2.04 bits per heavy atom. The second-order valence-electron chi connectivity index (χ2n) is 5.21. The molecule has 0 atom stereocenters. The quantitative estimate of drug-likeness (QED) is 0.184. The molecule has 0 radical (unpaired) electrons. The molecule has 0 aliphatic carbocycles. The lowest BCUT2D eigenvalue weighted by molar-refractivity contribution is -0.609. The number of aromatic hydroxyl groups is 2. The highest BCUT2D eigenvalue weighted by Gasteiger charge is 2.22. The van der Waals surface area contributed by atoms with Crippen molar-refractivity contribution in [3.63, 3.8) is 0 Å². The van der Waals surface area contributed by atoms with E-state index in [0.717, 1.165) is 12.1 Å². The largest absolute Gasteiger partial charge is 0.617 e. The van der Waals surface area contributed by atoms with Gasteiger partial charge in [0.15, 0.2) is 11.4 Å². The van der Waals surface area contributed by atoms with E-state index < -0.39 is 22.1 Å². The van der Waals surface area contributed by atoms with Crippen LogP contribution in [0.4, 0.5) is 5.69 Å². The number of aromatic nitrogens is 3. The second kappa shape index (κ2) is 5.95. The maximum Gasteiger partial charge on any atom is 0.315 e. The number of rotatable bonds is 3. The van der Waals surface area contributed by atoms with Crippen molar-refractivity contribution in [2.75, 3.05) is 0 Å². The monoisotopic (exact) mass is 362 g/mol. The summed E-state index contributed by atoms with van der Waals surface area (Å²) < 4.78 is 1.99. The third-order valence-corrected chi connectivity index (χ3v) is 4.00. The first-order chi connectivity index (χ1) is 11.8. The highest BCUT2D eigenvalue weighted by molar-refractivity contribution is 6.30. The number of hydrogen-bond acceptors (Lipinski definition) is 6. The molecule has 3 aromatic rings. The van der Waals surface area contributed by atoms with Crippen LogP contribution in [0.25, 0.3) is 16.9 Å². The van der Waals surface area contributed by atoms with Gasteiger partial charge < -0.3 is 15.4 Å². The summed E-state index contributed by atoms with van der Waals surface area (Å²) in [6.45, 7) is 1.60. The molecular formula is C15H11ClN4O5. The molecule has 3 rings (SSSR count). The van der Waals surface area contributed by atoms with Crippen LogP contribution in [0, 0.1) is 22.2 Å². The van der Waals surface area contributed by atoms with Gasteiger partial charge in [-0.3, -0.25) is 14.7 Å². The SMILES string of the molecule is Cc1ccc(-n2cncc2-c2cc(O)c(O)c([N+](=O)[O-])c2)c(Cl)[n+]1[O-]. The Kier molecular flexibility index (Phi) is 3.93. The van der Waals surface area contributed by atoms with E-state index in [0.29, 0.717) is 21.8 Å². The number of nitrogens with zero attached hydrogens (tertiary/aromatic N) is 4. The zero-order chi connectivity index (χ0) is 18.3. The van der Waals surface area contributed by atoms with Crippen molar-refractivity contribution in [1.29, 1.82) is 0 Å². The average molecular weight is 363 g/mol. The van der Waals surface area contributed by atoms with Gasteiger partial charge in [-0.05, 0) is 23.7 Å². The van der Waals surface area contributed by atoms with Crippen LogP contribution in [-0.2, 0) is 0 Å². The number of phenolic OH excluding ortho intramolecular Hbond substituents is 2. The van der Waals surface area contributed by atoms with Crippen molar-refractivity contribution in [1.82, 2.24) is 9.55 Å². The number of phenols is 2. The molecule has 10 heteroatoms. The molecule has 0 amide bonds. The molecule has 1 aromatic carbocycles. The van der Waals surface area contributed by atoms with Crippen LogP contribution in [-0.4, -0.2) is 24.7 Å². The third kappa shape index (κ3) is 2.70. The Hall–Kier alpha value is -3.33. The summed E-state index contributed by atoms with van der Waals surface area (Å²) in [4.78, 5) is 14.2. The maximum absolute atomic E-state index is 12.0. The molecule has 0 fully saturated rings. The van der Waals surface area contributed by atoms with E-state index in [1.807, 2.05) is 0 Å². The van der Waals surface area contributed by atoms with Gasteiger partial charge >= 0.3 is 10.8 Å². The summed E-state index contributed by atoms with van der Waals surface area (Å²) in [5, 5.41) is 42.3. The molecule has 0 bridgehead atoms. The van der Waals surface area contributed by atoms with Gasteiger partial charge in [-0.25, -0.2) is 4.98 Å². The average Bonchev–Trinajstić information content (AvgIpc) is 3.04. The van der Waals surface area contributed by atoms with Crippen LogP contribution in [0.15, 0.2) is 36.8 Å². The minimum absolute atomic E-state index is 0.100. The van der Waals surface area contributed by atoms with E-state index >= 15 is 0 Å². The summed E-state index contributed by atoms with van der Waals surface area (Å²) in [6.07, 6.45) is 2.77. The van der Waals surface area contributed by atoms with Gasteiger partial charge in [-0.2, -0.15) is 4.73 Å². The highest BCUT2D eigenvalue weighted by atomic mass is 35.5. The predicted molar refractivity (Wildman–Crippen MR) is 87.7 cm³/mol. The van der Waals surface area contributed by atoms with Gasteiger partial charge in [0.05, 0.1) is 23.1 Å². The van der Waals surface area contributed by atoms with Crippen molar-refractivity contribution in [3.8, 4) is 28.4 Å². The molecule has 2 aromatic heterocycles. The Morgan fingerprint density at radius 3 is 2.72 bits per heavy atom. The standard InChI is InChI=1S/C15H11ClN4O5/c1-8-2-3-10(15(16)19(8)23)18-7-17-6-12(18)9-4-11(20(24)25)14(22)13(21)5-9/h2-7,21-22H,1H3. The summed E-state index contributed by atoms with van der Waals surface area (Å²) >= 11 is 6.09. The minimum atomic E-state index is -0.828. The molecule has 25 heavy (non-hydrogen) atoms. The lowest BCUT2D eigenvalue weighted by atomic mass is 10.1. The molecule has 0 aliphatic rings. The van der Waals surface area contributed by atoms with Gasteiger partial charge in [0.25, 0.3) is 0 Å². The van der Waals surface area contributed by atoms with Gasteiger partial charge in [-0.1, -0.05) is 0 Å². The Labute approximate surface area is 145 Å². The number of hydrogen-bond donors (Lipinski definition) is 2. The molecular weight excluding hydrogens is 352 g/mol. The van der Waals surface area contributed by atoms with Crippen molar-refractivity contribution < 1.29 is 19.9 Å². The summed E-state index contributed by atoms with van der Waals surface area (Å²) in [5.41, 5.74) is 0.604. The first-order valence-corrected chi connectivity index (χ1v) is 7.31. The van der Waals surface area contributed by atoms with Crippen molar-refractivity contribution in [2.24, 2.45) is 0 Å². The number of halogens is 1. The number of pyridine rings is 1. The minimum Gasteiger partial charge on any atom is -0.617 e. The Balaban J connectivity index is 2.22. The maximum atomic E-state index is 12.0. The first kappa shape index (κ1) is 16.5. The van der Waals surface area contributed by atoms with Crippen LogP contribution in [0.2, 0.25) is 5.15 Å². The number of imidazole rings is 1. The van der Waals surface area contributed by atoms with Gasteiger partial charge in [0, 0.05) is 24.6 Å². The van der Waals surface area contributed by atoms with E-state index in [-0.39, 0.29) is 10.7 Å². The van der Waals surface area contributed by atoms with Crippen LogP contribution >= 0.6 is 11.6 Å². The zero-order valence-electron chi connectivity index (χ0n) is 12.8. The fourth-order valence-corrected chi connectivity index (χ4v) is 2.65. The smallest absolute Gasteiger partial charge is 0.315 e. The normalized spacial score (nSPS) is 10.8. The summed E-state index contributed by atoms with van der Waals surface area (Å²) in [6, 6.07) is 5.42. The molecule has 0 spiro atoms. The van der Waals surface area contributed by atoms with Crippen LogP contribution in [0.1, 0.15) is 5.69 Å².